The van der Waals surface area contributed by atoms with Gasteiger partial charge in [-0.05, 0) is 24.1 Å². The average Bonchev–Trinajstić information content (AvgIpc) is 2.19. The lowest BCUT2D eigenvalue weighted by Crippen LogP contribution is -2.19. The quantitative estimate of drug-likeness (QED) is 0.624. The van der Waals surface area contributed by atoms with Crippen LogP contribution in [0, 0.1) is 0 Å². The Morgan fingerprint density at radius 3 is 2.50 bits per heavy atom. The van der Waals surface area contributed by atoms with E-state index >= 15 is 0 Å². The van der Waals surface area contributed by atoms with E-state index in [2.05, 4.69) is 56.1 Å². The van der Waals surface area contributed by atoms with Gasteiger partial charge >= 0.3 is 0 Å². The molecule has 0 saturated heterocycles. The Bertz CT molecular complexity index is 335. The van der Waals surface area contributed by atoms with Crippen LogP contribution < -0.4 is 5.32 Å². The summed E-state index contributed by atoms with van der Waals surface area (Å²) in [5, 5.41) is 3.00. The second kappa shape index (κ2) is 6.86. The zero-order chi connectivity index (χ0) is 12.0. The van der Waals surface area contributed by atoms with Crippen molar-refractivity contribution in [3.05, 3.63) is 29.8 Å². The molecule has 0 heterocycles. The first kappa shape index (κ1) is 13.5. The van der Waals surface area contributed by atoms with Crippen LogP contribution in [0.2, 0.25) is 0 Å². The van der Waals surface area contributed by atoms with Crippen molar-refractivity contribution < 1.29 is 4.79 Å². The number of rotatable bonds is 5. The Morgan fingerprint density at radius 2 is 2.00 bits per heavy atom. The molecule has 0 aliphatic heterocycles. The predicted molar refractivity (Wildman–Crippen MR) is 73.5 cm³/mol. The van der Waals surface area contributed by atoms with Gasteiger partial charge in [-0.25, -0.2) is 0 Å². The number of benzene rings is 1. The lowest BCUT2D eigenvalue weighted by molar-refractivity contribution is 0.261. The SMILES string of the molecule is CC(C)Sc1ccc(CCNC(=O)S)cc1. The molecule has 1 rings (SSSR count). The average molecular weight is 255 g/mol. The largest absolute Gasteiger partial charge is 0.347 e. The Balaban J connectivity index is 2.42. The van der Waals surface area contributed by atoms with E-state index in [1.807, 2.05) is 11.8 Å². The molecule has 0 saturated carbocycles. The Labute approximate surface area is 107 Å². The number of hydrogen-bond acceptors (Lipinski definition) is 2. The number of nitrogens with one attached hydrogen (secondary N) is 1. The summed E-state index contributed by atoms with van der Waals surface area (Å²) in [4.78, 5) is 11.8. The minimum Gasteiger partial charge on any atom is -0.347 e. The number of carbonyl (C=O) groups is 1. The van der Waals surface area contributed by atoms with Gasteiger partial charge in [-0.1, -0.05) is 38.6 Å². The van der Waals surface area contributed by atoms with Gasteiger partial charge < -0.3 is 5.32 Å². The highest BCUT2D eigenvalue weighted by molar-refractivity contribution is 7.99. The van der Waals surface area contributed by atoms with Crippen LogP contribution in [0.5, 0.6) is 0 Å². The molecule has 16 heavy (non-hydrogen) atoms. The first-order valence-corrected chi connectivity index (χ1v) is 6.63. The molecule has 1 amide bonds. The molecule has 0 radical (unpaired) electrons. The van der Waals surface area contributed by atoms with Crippen molar-refractivity contribution in [2.24, 2.45) is 0 Å². The Kier molecular flexibility index (Phi) is 5.77. The van der Waals surface area contributed by atoms with Crippen LogP contribution in [0.15, 0.2) is 29.2 Å². The third kappa shape index (κ3) is 5.47. The summed E-state index contributed by atoms with van der Waals surface area (Å²) in [5.74, 6) is 0. The number of carbonyl (C=O) groups excluding carboxylic acids is 1. The summed E-state index contributed by atoms with van der Waals surface area (Å²) >= 11 is 5.50. The molecular formula is C12H17NOS2. The van der Waals surface area contributed by atoms with E-state index < -0.39 is 0 Å². The third-order valence-corrected chi connectivity index (χ3v) is 3.16. The van der Waals surface area contributed by atoms with Crippen LogP contribution in [0.1, 0.15) is 19.4 Å². The maximum Gasteiger partial charge on any atom is 0.275 e. The maximum atomic E-state index is 10.6. The standard InChI is InChI=1S/C12H17NOS2/c1-9(2)16-11-5-3-10(4-6-11)7-8-13-12(14)15/h3-6,9H,7-8H2,1-2H3,(H2,13,14,15). The molecule has 0 bridgehead atoms. The van der Waals surface area contributed by atoms with E-state index in [1.165, 1.54) is 10.5 Å². The molecule has 0 spiro atoms. The molecular weight excluding hydrogens is 238 g/mol. The number of thioether (sulfide) groups is 1. The van der Waals surface area contributed by atoms with Gasteiger partial charge in [0.2, 0.25) is 0 Å². The smallest absolute Gasteiger partial charge is 0.275 e. The number of hydrogen-bond donors (Lipinski definition) is 2. The molecule has 0 aliphatic carbocycles. The van der Waals surface area contributed by atoms with Gasteiger partial charge in [-0.2, -0.15) is 0 Å². The van der Waals surface area contributed by atoms with E-state index in [4.69, 9.17) is 0 Å². The lowest BCUT2D eigenvalue weighted by Gasteiger charge is -2.06. The van der Waals surface area contributed by atoms with Crippen molar-refractivity contribution in [1.82, 2.24) is 5.32 Å². The van der Waals surface area contributed by atoms with Crippen LogP contribution in [0.3, 0.4) is 0 Å². The second-order valence-corrected chi connectivity index (χ2v) is 5.85. The van der Waals surface area contributed by atoms with E-state index in [0.717, 1.165) is 6.42 Å². The summed E-state index contributed by atoms with van der Waals surface area (Å²) < 4.78 is 0. The summed E-state index contributed by atoms with van der Waals surface area (Å²) in [6, 6.07) is 8.47. The van der Waals surface area contributed by atoms with E-state index in [9.17, 15) is 4.79 Å². The fourth-order valence-corrected chi connectivity index (χ4v) is 2.27. The fraction of sp³-hybridized carbons (Fsp3) is 0.417. The topological polar surface area (TPSA) is 29.1 Å². The molecule has 0 atom stereocenters. The molecule has 0 aromatic heterocycles. The van der Waals surface area contributed by atoms with Gasteiger partial charge in [-0.3, -0.25) is 4.79 Å². The zero-order valence-electron chi connectivity index (χ0n) is 9.56. The van der Waals surface area contributed by atoms with Gasteiger partial charge in [0.1, 0.15) is 0 Å². The van der Waals surface area contributed by atoms with Crippen molar-refractivity contribution in [3.8, 4) is 0 Å². The first-order valence-electron chi connectivity index (χ1n) is 5.30. The van der Waals surface area contributed by atoms with E-state index in [0.29, 0.717) is 11.8 Å². The second-order valence-electron chi connectivity index (χ2n) is 3.79. The van der Waals surface area contributed by atoms with Gasteiger partial charge in [-0.15, -0.1) is 11.8 Å². The van der Waals surface area contributed by atoms with Crippen LogP contribution >= 0.6 is 24.4 Å². The van der Waals surface area contributed by atoms with Crippen LogP contribution in [0.4, 0.5) is 4.79 Å². The highest BCUT2D eigenvalue weighted by atomic mass is 32.2. The molecule has 4 heteroatoms. The van der Waals surface area contributed by atoms with Crippen LogP contribution in [-0.2, 0) is 6.42 Å². The van der Waals surface area contributed by atoms with E-state index in [-0.39, 0.29) is 5.24 Å². The summed E-state index contributed by atoms with van der Waals surface area (Å²) in [6.45, 7) is 5.00. The predicted octanol–water partition coefficient (Wildman–Crippen LogP) is 3.37. The van der Waals surface area contributed by atoms with Crippen molar-refractivity contribution in [2.75, 3.05) is 6.54 Å². The van der Waals surface area contributed by atoms with Crippen molar-refractivity contribution in [1.29, 1.82) is 0 Å². The number of thiol groups is 1. The van der Waals surface area contributed by atoms with Gasteiger partial charge in [0, 0.05) is 16.7 Å². The number of amides is 1. The van der Waals surface area contributed by atoms with E-state index in [1.54, 1.807) is 0 Å². The van der Waals surface area contributed by atoms with Gasteiger partial charge in [0.15, 0.2) is 0 Å². The molecule has 0 fully saturated rings. The normalized spacial score (nSPS) is 10.5. The summed E-state index contributed by atoms with van der Waals surface area (Å²) in [5.41, 5.74) is 1.23. The van der Waals surface area contributed by atoms with Gasteiger partial charge in [0.25, 0.3) is 5.24 Å². The zero-order valence-corrected chi connectivity index (χ0v) is 11.3. The lowest BCUT2D eigenvalue weighted by atomic mass is 10.1. The molecule has 0 unspecified atom stereocenters. The molecule has 1 aromatic rings. The van der Waals surface area contributed by atoms with Crippen LogP contribution in [0.25, 0.3) is 0 Å². The van der Waals surface area contributed by atoms with Gasteiger partial charge in [0.05, 0.1) is 0 Å². The van der Waals surface area contributed by atoms with Crippen molar-refractivity contribution >= 4 is 29.6 Å². The minimum atomic E-state index is -0.271. The molecule has 2 nitrogen and oxygen atoms in total. The third-order valence-electron chi connectivity index (χ3n) is 1.99. The summed E-state index contributed by atoms with van der Waals surface area (Å²) in [7, 11) is 0. The first-order chi connectivity index (χ1) is 7.58. The monoisotopic (exact) mass is 255 g/mol. The Hall–Kier alpha value is -0.610. The molecule has 1 N–H and O–H groups in total. The highest BCUT2D eigenvalue weighted by Crippen LogP contribution is 2.22. The van der Waals surface area contributed by atoms with Crippen molar-refractivity contribution in [3.63, 3.8) is 0 Å². The minimum absolute atomic E-state index is 0.271. The maximum absolute atomic E-state index is 10.6. The Morgan fingerprint density at radius 1 is 1.38 bits per heavy atom. The molecule has 0 aliphatic rings. The van der Waals surface area contributed by atoms with Crippen LogP contribution in [-0.4, -0.2) is 17.0 Å². The summed E-state index contributed by atoms with van der Waals surface area (Å²) in [6.07, 6.45) is 0.846. The highest BCUT2D eigenvalue weighted by Gasteiger charge is 1.99. The van der Waals surface area contributed by atoms with Crippen molar-refractivity contribution in [2.45, 2.75) is 30.4 Å². The molecule has 88 valence electrons. The fourth-order valence-electron chi connectivity index (χ4n) is 1.32. The molecule has 1 aromatic carbocycles.